The van der Waals surface area contributed by atoms with Gasteiger partial charge < -0.3 is 10.6 Å². The highest BCUT2D eigenvalue weighted by atomic mass is 32.1. The Kier molecular flexibility index (Phi) is 22.6. The minimum Gasteiger partial charge on any atom is -0.356 e. The van der Waals surface area contributed by atoms with E-state index >= 15 is 0 Å². The van der Waals surface area contributed by atoms with Gasteiger partial charge in [0.25, 0.3) is 0 Å². The van der Waals surface area contributed by atoms with Gasteiger partial charge in [-0.2, -0.15) is 25.3 Å². The molecule has 0 aliphatic carbocycles. The third-order valence-electron chi connectivity index (χ3n) is 4.87. The Morgan fingerprint density at radius 3 is 1.14 bits per heavy atom. The third-order valence-corrected chi connectivity index (χ3v) is 5.50. The standard InChI is InChI=1S/C22H44N2O2S2/c25-21(15-9-7-13-19-27)23-17-11-5-3-1-2-4-6-12-18-24-22(26)16-10-8-14-20-28/h27-28H,1-20H2,(H,23,25)(H,24,26). The summed E-state index contributed by atoms with van der Waals surface area (Å²) in [6.45, 7) is 1.64. The first-order valence-corrected chi connectivity index (χ1v) is 12.7. The van der Waals surface area contributed by atoms with Gasteiger partial charge >= 0.3 is 0 Å². The summed E-state index contributed by atoms with van der Waals surface area (Å²) in [5.74, 6) is 2.22. The minimum absolute atomic E-state index is 0.198. The van der Waals surface area contributed by atoms with Crippen molar-refractivity contribution in [1.82, 2.24) is 10.6 Å². The number of unbranched alkanes of at least 4 members (excludes halogenated alkanes) is 11. The number of amides is 2. The molecule has 4 nitrogen and oxygen atoms in total. The van der Waals surface area contributed by atoms with Gasteiger partial charge in [-0.1, -0.05) is 51.4 Å². The van der Waals surface area contributed by atoms with E-state index in [1.54, 1.807) is 0 Å². The summed E-state index contributed by atoms with van der Waals surface area (Å²) in [4.78, 5) is 23.3. The zero-order chi connectivity index (χ0) is 20.7. The molecule has 0 bridgehead atoms. The molecule has 0 aliphatic rings. The second-order valence-electron chi connectivity index (χ2n) is 7.60. The summed E-state index contributed by atoms with van der Waals surface area (Å²) < 4.78 is 0. The van der Waals surface area contributed by atoms with Crippen LogP contribution in [-0.2, 0) is 9.59 Å². The number of thiol groups is 2. The fourth-order valence-corrected chi connectivity index (χ4v) is 3.54. The fraction of sp³-hybridized carbons (Fsp3) is 0.909. The van der Waals surface area contributed by atoms with Crippen molar-refractivity contribution in [3.05, 3.63) is 0 Å². The van der Waals surface area contributed by atoms with Crippen molar-refractivity contribution in [2.24, 2.45) is 0 Å². The minimum atomic E-state index is 0.198. The molecule has 0 aromatic rings. The van der Waals surface area contributed by atoms with Gasteiger partial charge in [-0.15, -0.1) is 0 Å². The van der Waals surface area contributed by atoms with Gasteiger partial charge in [0.15, 0.2) is 0 Å². The Morgan fingerprint density at radius 1 is 0.464 bits per heavy atom. The predicted molar refractivity (Wildman–Crippen MR) is 128 cm³/mol. The fourth-order valence-electron chi connectivity index (χ4n) is 3.09. The van der Waals surface area contributed by atoms with Crippen LogP contribution in [0, 0.1) is 0 Å². The van der Waals surface area contributed by atoms with E-state index in [0.29, 0.717) is 12.8 Å². The maximum absolute atomic E-state index is 11.6. The molecule has 0 fully saturated rings. The topological polar surface area (TPSA) is 58.2 Å². The molecule has 0 atom stereocenters. The van der Waals surface area contributed by atoms with E-state index in [0.717, 1.165) is 76.0 Å². The second kappa shape index (κ2) is 22.9. The maximum Gasteiger partial charge on any atom is 0.219 e. The van der Waals surface area contributed by atoms with E-state index in [-0.39, 0.29) is 11.8 Å². The van der Waals surface area contributed by atoms with Crippen molar-refractivity contribution < 1.29 is 9.59 Å². The zero-order valence-electron chi connectivity index (χ0n) is 17.9. The van der Waals surface area contributed by atoms with Gasteiger partial charge in [-0.3, -0.25) is 9.59 Å². The molecule has 0 saturated heterocycles. The average Bonchev–Trinajstić information content (AvgIpc) is 2.69. The quantitative estimate of drug-likeness (QED) is 0.147. The van der Waals surface area contributed by atoms with Crippen molar-refractivity contribution in [3.8, 4) is 0 Å². The van der Waals surface area contributed by atoms with E-state index in [4.69, 9.17) is 0 Å². The van der Waals surface area contributed by atoms with Crippen LogP contribution < -0.4 is 10.6 Å². The lowest BCUT2D eigenvalue weighted by atomic mass is 10.1. The van der Waals surface area contributed by atoms with Crippen molar-refractivity contribution in [3.63, 3.8) is 0 Å². The number of nitrogens with one attached hydrogen (secondary N) is 2. The van der Waals surface area contributed by atoms with Crippen LogP contribution >= 0.6 is 25.3 Å². The molecule has 2 amide bonds. The van der Waals surface area contributed by atoms with Gasteiger partial charge in [0.05, 0.1) is 0 Å². The summed E-state index contributed by atoms with van der Waals surface area (Å²) in [6, 6.07) is 0. The molecule has 6 heteroatoms. The van der Waals surface area contributed by atoms with Crippen molar-refractivity contribution in [2.75, 3.05) is 24.6 Å². The normalized spacial score (nSPS) is 10.8. The number of carbonyl (C=O) groups is 2. The Morgan fingerprint density at radius 2 is 0.786 bits per heavy atom. The van der Waals surface area contributed by atoms with Crippen LogP contribution in [0.5, 0.6) is 0 Å². The molecule has 28 heavy (non-hydrogen) atoms. The lowest BCUT2D eigenvalue weighted by molar-refractivity contribution is -0.122. The summed E-state index contributed by atoms with van der Waals surface area (Å²) >= 11 is 8.35. The highest BCUT2D eigenvalue weighted by Crippen LogP contribution is 2.08. The third kappa shape index (κ3) is 21.9. The van der Waals surface area contributed by atoms with Crippen LogP contribution in [0.25, 0.3) is 0 Å². The SMILES string of the molecule is O=C(CCCCCS)NCCCCCCCCCCNC(=O)CCCCCS. The Bertz CT molecular complexity index is 334. The van der Waals surface area contributed by atoms with Gasteiger partial charge in [0.1, 0.15) is 0 Å². The summed E-state index contributed by atoms with van der Waals surface area (Å²) in [5.41, 5.74) is 0. The summed E-state index contributed by atoms with van der Waals surface area (Å²) in [7, 11) is 0. The van der Waals surface area contributed by atoms with E-state index in [9.17, 15) is 9.59 Å². The lowest BCUT2D eigenvalue weighted by Gasteiger charge is -2.06. The van der Waals surface area contributed by atoms with Gasteiger partial charge in [-0.05, 0) is 50.0 Å². The van der Waals surface area contributed by atoms with Crippen molar-refractivity contribution in [1.29, 1.82) is 0 Å². The molecule has 0 aromatic carbocycles. The highest BCUT2D eigenvalue weighted by Gasteiger charge is 2.01. The monoisotopic (exact) mass is 432 g/mol. The van der Waals surface area contributed by atoms with Crippen LogP contribution in [0.2, 0.25) is 0 Å². The Balaban J connectivity index is 3.19. The van der Waals surface area contributed by atoms with E-state index in [1.165, 1.54) is 38.5 Å². The van der Waals surface area contributed by atoms with Crippen LogP contribution in [0.15, 0.2) is 0 Å². The van der Waals surface area contributed by atoms with Crippen LogP contribution in [-0.4, -0.2) is 36.4 Å². The molecule has 0 spiro atoms. The number of carbonyl (C=O) groups excluding carboxylic acids is 2. The average molecular weight is 433 g/mol. The molecule has 0 rings (SSSR count). The first-order valence-electron chi connectivity index (χ1n) is 11.5. The molecule has 0 saturated carbocycles. The van der Waals surface area contributed by atoms with Crippen LogP contribution in [0.1, 0.15) is 103 Å². The van der Waals surface area contributed by atoms with Crippen molar-refractivity contribution in [2.45, 2.75) is 103 Å². The van der Waals surface area contributed by atoms with E-state index in [2.05, 4.69) is 35.9 Å². The molecule has 166 valence electrons. The first-order chi connectivity index (χ1) is 13.7. The molecular weight excluding hydrogens is 388 g/mol. The molecule has 0 heterocycles. The Hall–Kier alpha value is -0.360. The second-order valence-corrected chi connectivity index (χ2v) is 8.49. The number of hydrogen-bond acceptors (Lipinski definition) is 4. The maximum atomic E-state index is 11.6. The molecule has 2 N–H and O–H groups in total. The van der Waals surface area contributed by atoms with Gasteiger partial charge in [0.2, 0.25) is 11.8 Å². The van der Waals surface area contributed by atoms with Crippen molar-refractivity contribution >= 4 is 37.1 Å². The smallest absolute Gasteiger partial charge is 0.219 e. The number of hydrogen-bond donors (Lipinski definition) is 4. The highest BCUT2D eigenvalue weighted by molar-refractivity contribution is 7.80. The summed E-state index contributed by atoms with van der Waals surface area (Å²) in [5, 5.41) is 6.03. The zero-order valence-corrected chi connectivity index (χ0v) is 19.6. The predicted octanol–water partition coefficient (Wildman–Crippen LogP) is 5.32. The molecule has 0 radical (unpaired) electrons. The molecule has 0 unspecified atom stereocenters. The van der Waals surface area contributed by atoms with Gasteiger partial charge in [0, 0.05) is 25.9 Å². The molecule has 0 aliphatic heterocycles. The first kappa shape index (κ1) is 27.6. The van der Waals surface area contributed by atoms with Gasteiger partial charge in [-0.25, -0.2) is 0 Å². The largest absolute Gasteiger partial charge is 0.356 e. The number of rotatable bonds is 21. The Labute approximate surface area is 184 Å². The lowest BCUT2D eigenvalue weighted by Crippen LogP contribution is -2.24. The molecular formula is C22H44N2O2S2. The summed E-state index contributed by atoms with van der Waals surface area (Å²) in [6.07, 6.45) is 17.3. The van der Waals surface area contributed by atoms with Crippen LogP contribution in [0.4, 0.5) is 0 Å². The van der Waals surface area contributed by atoms with Crippen LogP contribution in [0.3, 0.4) is 0 Å². The van der Waals surface area contributed by atoms with E-state index < -0.39 is 0 Å². The van der Waals surface area contributed by atoms with E-state index in [1.807, 2.05) is 0 Å². The molecule has 0 aromatic heterocycles.